The van der Waals surface area contributed by atoms with E-state index in [0.717, 1.165) is 11.3 Å². The van der Waals surface area contributed by atoms with E-state index in [1.165, 1.54) is 12.1 Å². The van der Waals surface area contributed by atoms with Gasteiger partial charge in [-0.3, -0.25) is 4.98 Å². The van der Waals surface area contributed by atoms with Crippen LogP contribution in [-0.4, -0.2) is 46.8 Å². The molecular weight excluding hydrogens is 558 g/mol. The van der Waals surface area contributed by atoms with E-state index in [1.807, 2.05) is 32.9 Å². The second kappa shape index (κ2) is 11.9. The van der Waals surface area contributed by atoms with Crippen molar-refractivity contribution in [2.75, 3.05) is 25.9 Å². The summed E-state index contributed by atoms with van der Waals surface area (Å²) in [7, 11) is 1.57. The highest BCUT2D eigenvalue weighted by atomic mass is 35.5. The first-order chi connectivity index (χ1) is 18.9. The number of hydrogen-bond donors (Lipinski definition) is 1. The van der Waals surface area contributed by atoms with E-state index in [9.17, 15) is 9.18 Å². The van der Waals surface area contributed by atoms with Crippen LogP contribution >= 0.6 is 23.2 Å². The molecule has 8 nitrogen and oxygen atoms in total. The number of carbonyl (C=O) groups excluding carboxylic acids is 1. The second-order valence-corrected chi connectivity index (χ2v) is 11.1. The lowest BCUT2D eigenvalue weighted by atomic mass is 10.0. The van der Waals surface area contributed by atoms with Crippen LogP contribution in [-0.2, 0) is 4.74 Å². The normalized spacial score (nSPS) is 14.4. The molecule has 1 aliphatic heterocycles. The quantitative estimate of drug-likeness (QED) is 0.300. The molecule has 0 saturated heterocycles. The molecule has 0 saturated carbocycles. The van der Waals surface area contributed by atoms with Crippen LogP contribution in [0.15, 0.2) is 42.7 Å². The Morgan fingerprint density at radius 1 is 1.15 bits per heavy atom. The smallest absolute Gasteiger partial charge is 0.410 e. The summed E-state index contributed by atoms with van der Waals surface area (Å²) in [6, 6.07) is 6.17. The molecule has 212 valence electrons. The molecule has 1 amide bonds. The predicted molar refractivity (Wildman–Crippen MR) is 154 cm³/mol. The predicted octanol–water partition coefficient (Wildman–Crippen LogP) is 7.34. The molecule has 11 heteroatoms. The number of halogens is 3. The van der Waals surface area contributed by atoms with E-state index >= 15 is 0 Å². The number of methoxy groups -OCH3 is 1. The molecule has 1 aromatic carbocycles. The van der Waals surface area contributed by atoms with Gasteiger partial charge in [0, 0.05) is 53.3 Å². The van der Waals surface area contributed by atoms with Crippen molar-refractivity contribution >= 4 is 40.7 Å². The van der Waals surface area contributed by atoms with Crippen molar-refractivity contribution in [2.45, 2.75) is 45.8 Å². The lowest BCUT2D eigenvalue weighted by molar-refractivity contribution is 0.0270. The third-order valence-electron chi connectivity index (χ3n) is 6.26. The van der Waals surface area contributed by atoms with Crippen LogP contribution < -0.4 is 15.2 Å². The third kappa shape index (κ3) is 6.59. The van der Waals surface area contributed by atoms with Gasteiger partial charge in [-0.1, -0.05) is 29.3 Å². The zero-order chi connectivity index (χ0) is 29.2. The van der Waals surface area contributed by atoms with E-state index in [4.69, 9.17) is 43.1 Å². The highest BCUT2D eigenvalue weighted by molar-refractivity contribution is 6.36. The van der Waals surface area contributed by atoms with Gasteiger partial charge in [0.2, 0.25) is 0 Å². The fourth-order valence-electron chi connectivity index (χ4n) is 4.25. The summed E-state index contributed by atoms with van der Waals surface area (Å²) in [6.07, 6.45) is 4.82. The molecule has 4 rings (SSSR count). The van der Waals surface area contributed by atoms with E-state index in [-0.39, 0.29) is 27.7 Å². The number of aromatic nitrogens is 2. The molecule has 1 atom stereocenters. The Hall–Kier alpha value is -3.56. The Morgan fingerprint density at radius 2 is 1.90 bits per heavy atom. The van der Waals surface area contributed by atoms with Gasteiger partial charge in [0.05, 0.1) is 17.8 Å². The number of nitrogen functional groups attached to an aromatic ring is 1. The molecular formula is C29H31Cl2FN4O4. The first-order valence-electron chi connectivity index (χ1n) is 12.6. The Labute approximate surface area is 242 Å². The Kier molecular flexibility index (Phi) is 8.75. The Bertz CT molecular complexity index is 1460. The molecule has 0 aliphatic carbocycles. The minimum atomic E-state index is -0.712. The van der Waals surface area contributed by atoms with Gasteiger partial charge < -0.3 is 24.8 Å². The molecule has 3 heterocycles. The second-order valence-electron chi connectivity index (χ2n) is 10.3. The summed E-state index contributed by atoms with van der Waals surface area (Å²) in [6.45, 7) is 8.17. The van der Waals surface area contributed by atoms with Gasteiger partial charge in [0.1, 0.15) is 23.3 Å². The fraction of sp³-hybridized carbons (Fsp3) is 0.345. The van der Waals surface area contributed by atoms with Crippen molar-refractivity contribution in [3.63, 3.8) is 0 Å². The number of anilines is 1. The average Bonchev–Trinajstić information content (AvgIpc) is 2.91. The summed E-state index contributed by atoms with van der Waals surface area (Å²) in [5.41, 5.74) is 8.92. The molecule has 0 bridgehead atoms. The van der Waals surface area contributed by atoms with Gasteiger partial charge in [-0.2, -0.15) is 0 Å². The highest BCUT2D eigenvalue weighted by Gasteiger charge is 2.25. The summed E-state index contributed by atoms with van der Waals surface area (Å²) >= 11 is 12.4. The number of amides is 1. The minimum Gasteiger partial charge on any atom is -0.496 e. The molecule has 1 aliphatic rings. The van der Waals surface area contributed by atoms with E-state index < -0.39 is 17.5 Å². The largest absolute Gasteiger partial charge is 0.496 e. The average molecular weight is 589 g/mol. The third-order valence-corrected chi connectivity index (χ3v) is 6.97. The number of nitrogens with two attached hydrogens (primary N) is 1. The maximum atomic E-state index is 14.1. The zero-order valence-electron chi connectivity index (χ0n) is 22.9. The Balaban J connectivity index is 1.56. The van der Waals surface area contributed by atoms with Gasteiger partial charge in [-0.15, -0.1) is 0 Å². The van der Waals surface area contributed by atoms with Crippen molar-refractivity contribution in [2.24, 2.45) is 0 Å². The molecule has 1 unspecified atom stereocenters. The van der Waals surface area contributed by atoms with Crippen LogP contribution in [0.3, 0.4) is 0 Å². The fourth-order valence-corrected chi connectivity index (χ4v) is 4.93. The highest BCUT2D eigenvalue weighted by Crippen LogP contribution is 2.39. The number of benzene rings is 1. The number of rotatable bonds is 6. The number of carbonyl (C=O) groups is 1. The molecule has 3 aromatic rings. The van der Waals surface area contributed by atoms with Crippen LogP contribution in [0.2, 0.25) is 10.0 Å². The number of hydrogen-bond acceptors (Lipinski definition) is 7. The summed E-state index contributed by atoms with van der Waals surface area (Å²) in [5.74, 6) is 0.384. The lowest BCUT2D eigenvalue weighted by Crippen LogP contribution is -2.39. The molecule has 2 N–H and O–H groups in total. The SMILES string of the molecule is COc1cc(C2=CCN(C(=O)OC(C)(C)C)CC2)ncc1-c1cnc(N)c(OC(C)c2c(Cl)ccc(F)c2Cl)c1. The first-order valence-corrected chi connectivity index (χ1v) is 13.4. The van der Waals surface area contributed by atoms with Crippen LogP contribution in [0.1, 0.15) is 51.5 Å². The van der Waals surface area contributed by atoms with Crippen molar-refractivity contribution in [1.29, 1.82) is 0 Å². The minimum absolute atomic E-state index is 0.115. The van der Waals surface area contributed by atoms with Gasteiger partial charge >= 0.3 is 6.09 Å². The zero-order valence-corrected chi connectivity index (χ0v) is 24.4. The molecule has 2 aromatic heterocycles. The van der Waals surface area contributed by atoms with Gasteiger partial charge in [0.15, 0.2) is 11.6 Å². The summed E-state index contributed by atoms with van der Waals surface area (Å²) < 4.78 is 31.2. The maximum absolute atomic E-state index is 14.1. The topological polar surface area (TPSA) is 99.8 Å². The van der Waals surface area contributed by atoms with Crippen LogP contribution in [0.5, 0.6) is 11.5 Å². The monoisotopic (exact) mass is 588 g/mol. The van der Waals surface area contributed by atoms with Crippen molar-refractivity contribution < 1.29 is 23.4 Å². The molecule has 0 spiro atoms. The van der Waals surface area contributed by atoms with Gasteiger partial charge in [-0.05, 0) is 57.9 Å². The molecule has 0 fully saturated rings. The van der Waals surface area contributed by atoms with Gasteiger partial charge in [-0.25, -0.2) is 14.2 Å². The van der Waals surface area contributed by atoms with E-state index in [2.05, 4.69) is 9.97 Å². The standard InChI is InChI=1S/C29H31Cl2FN4O4/c1-16(25-20(30)6-7-21(32)26(25)31)39-24-12-18(14-35-27(24)33)19-15-34-22(13-23(19)38-5)17-8-10-36(11-9-17)28(37)40-29(2,3)4/h6-8,12-16H,9-11H2,1-5H3,(H2,33,35). The van der Waals surface area contributed by atoms with Gasteiger partial charge in [0.25, 0.3) is 0 Å². The number of ether oxygens (including phenoxy) is 3. The summed E-state index contributed by atoms with van der Waals surface area (Å²) in [5, 5.41) is 0.157. The number of pyridine rings is 2. The lowest BCUT2D eigenvalue weighted by Gasteiger charge is -2.29. The summed E-state index contributed by atoms with van der Waals surface area (Å²) in [4.78, 5) is 23.0. The van der Waals surface area contributed by atoms with Crippen LogP contribution in [0.4, 0.5) is 15.0 Å². The van der Waals surface area contributed by atoms with Crippen LogP contribution in [0, 0.1) is 5.82 Å². The van der Waals surface area contributed by atoms with Crippen LogP contribution in [0.25, 0.3) is 16.7 Å². The maximum Gasteiger partial charge on any atom is 0.410 e. The molecule has 40 heavy (non-hydrogen) atoms. The van der Waals surface area contributed by atoms with E-state index in [0.29, 0.717) is 42.0 Å². The van der Waals surface area contributed by atoms with Crippen molar-refractivity contribution in [1.82, 2.24) is 14.9 Å². The van der Waals surface area contributed by atoms with Crippen molar-refractivity contribution in [3.05, 3.63) is 69.9 Å². The first kappa shape index (κ1) is 29.4. The Morgan fingerprint density at radius 3 is 2.55 bits per heavy atom. The number of nitrogens with zero attached hydrogens (tertiary/aromatic N) is 3. The van der Waals surface area contributed by atoms with E-state index in [1.54, 1.807) is 37.4 Å². The molecule has 0 radical (unpaired) electrons. The van der Waals surface area contributed by atoms with Crippen molar-refractivity contribution in [3.8, 4) is 22.6 Å².